The Labute approximate surface area is 121 Å². The molecule has 1 aliphatic heterocycles. The highest BCUT2D eigenvalue weighted by molar-refractivity contribution is 5.96. The molecule has 3 N–H and O–H groups in total. The lowest BCUT2D eigenvalue weighted by Crippen LogP contribution is -2.27. The lowest BCUT2D eigenvalue weighted by Gasteiger charge is -2.18. The second kappa shape index (κ2) is 6.64. The number of nitrogens with zero attached hydrogens (tertiary/aromatic N) is 1. The quantitative estimate of drug-likeness (QED) is 0.812. The van der Waals surface area contributed by atoms with Crippen LogP contribution in [0.15, 0.2) is 18.2 Å². The molecule has 1 aromatic carbocycles. The summed E-state index contributed by atoms with van der Waals surface area (Å²) in [5, 5.41) is 3.40. The van der Waals surface area contributed by atoms with Gasteiger partial charge in [0.2, 0.25) is 0 Å². The first-order chi connectivity index (χ1) is 9.61. The summed E-state index contributed by atoms with van der Waals surface area (Å²) < 4.78 is 0. The number of hydrogen-bond acceptors (Lipinski definition) is 3. The van der Waals surface area contributed by atoms with Crippen molar-refractivity contribution in [3.63, 3.8) is 0 Å². The predicted octanol–water partition coefficient (Wildman–Crippen LogP) is 3.11. The molecule has 1 atom stereocenters. The average Bonchev–Trinajstić information content (AvgIpc) is 2.94. The Balaban J connectivity index is 2.06. The summed E-state index contributed by atoms with van der Waals surface area (Å²) in [7, 11) is 0. The molecule has 4 nitrogen and oxygen atoms in total. The van der Waals surface area contributed by atoms with Crippen molar-refractivity contribution in [1.82, 2.24) is 4.90 Å². The topological polar surface area (TPSA) is 58.4 Å². The zero-order chi connectivity index (χ0) is 14.5. The number of carbonyl (C=O) groups excluding carboxylic acids is 1. The van der Waals surface area contributed by atoms with Crippen LogP contribution >= 0.6 is 0 Å². The highest BCUT2D eigenvalue weighted by atomic mass is 16.2. The molecule has 1 aromatic rings. The molecule has 0 aromatic heterocycles. The van der Waals surface area contributed by atoms with Gasteiger partial charge in [0.25, 0.3) is 5.91 Å². The van der Waals surface area contributed by atoms with E-state index < -0.39 is 0 Å². The largest absolute Gasteiger partial charge is 0.397 e. The molecule has 110 valence electrons. The van der Waals surface area contributed by atoms with E-state index in [0.717, 1.165) is 44.5 Å². The van der Waals surface area contributed by atoms with E-state index in [2.05, 4.69) is 19.2 Å². The molecule has 1 aliphatic rings. The zero-order valence-electron chi connectivity index (χ0n) is 12.5. The molecule has 1 unspecified atom stereocenters. The van der Waals surface area contributed by atoms with Gasteiger partial charge >= 0.3 is 0 Å². The number of carbonyl (C=O) groups is 1. The number of hydrogen-bond donors (Lipinski definition) is 2. The van der Waals surface area contributed by atoms with Gasteiger partial charge in [0.1, 0.15) is 0 Å². The lowest BCUT2D eigenvalue weighted by atomic mass is 10.1. The van der Waals surface area contributed by atoms with Crippen molar-refractivity contribution in [2.75, 3.05) is 24.1 Å². The van der Waals surface area contributed by atoms with Crippen molar-refractivity contribution >= 4 is 17.3 Å². The smallest absolute Gasteiger partial charge is 0.253 e. The van der Waals surface area contributed by atoms with Crippen molar-refractivity contribution in [1.29, 1.82) is 0 Å². The first kappa shape index (κ1) is 14.7. The maximum Gasteiger partial charge on any atom is 0.253 e. The van der Waals surface area contributed by atoms with Gasteiger partial charge in [-0.05, 0) is 44.4 Å². The standard InChI is InChI=1S/C16H25N3O/c1-3-6-12(2)18-15-8-7-13(11-14(15)17)16(20)19-9-4-5-10-19/h7-8,11-12,18H,3-6,9-10,17H2,1-2H3. The van der Waals surface area contributed by atoms with E-state index in [1.807, 2.05) is 17.0 Å². The van der Waals surface area contributed by atoms with E-state index in [-0.39, 0.29) is 5.91 Å². The fraction of sp³-hybridized carbons (Fsp3) is 0.562. The van der Waals surface area contributed by atoms with Gasteiger partial charge in [0.15, 0.2) is 0 Å². The second-order valence-electron chi connectivity index (χ2n) is 5.64. The average molecular weight is 275 g/mol. The third kappa shape index (κ3) is 3.44. The van der Waals surface area contributed by atoms with Gasteiger partial charge in [0.05, 0.1) is 11.4 Å². The van der Waals surface area contributed by atoms with Crippen LogP contribution in [-0.4, -0.2) is 29.9 Å². The molecular weight excluding hydrogens is 250 g/mol. The number of likely N-dealkylation sites (tertiary alicyclic amines) is 1. The predicted molar refractivity (Wildman–Crippen MR) is 84.0 cm³/mol. The molecule has 4 heteroatoms. The summed E-state index contributed by atoms with van der Waals surface area (Å²) in [5.74, 6) is 0.0994. The number of nitrogen functional groups attached to an aromatic ring is 1. The first-order valence-electron chi connectivity index (χ1n) is 7.57. The molecule has 1 heterocycles. The molecule has 0 spiro atoms. The Morgan fingerprint density at radius 2 is 2.10 bits per heavy atom. The van der Waals surface area contributed by atoms with Crippen molar-refractivity contribution < 1.29 is 4.79 Å². The van der Waals surface area contributed by atoms with Crippen LogP contribution in [0, 0.1) is 0 Å². The van der Waals surface area contributed by atoms with E-state index in [1.165, 1.54) is 0 Å². The number of benzene rings is 1. The SMILES string of the molecule is CCCC(C)Nc1ccc(C(=O)N2CCCC2)cc1N. The summed E-state index contributed by atoms with van der Waals surface area (Å²) in [6.45, 7) is 6.05. The minimum Gasteiger partial charge on any atom is -0.397 e. The number of nitrogens with one attached hydrogen (secondary N) is 1. The Morgan fingerprint density at radius 1 is 1.40 bits per heavy atom. The van der Waals surface area contributed by atoms with Crippen LogP contribution < -0.4 is 11.1 Å². The monoisotopic (exact) mass is 275 g/mol. The fourth-order valence-corrected chi connectivity index (χ4v) is 2.70. The minimum absolute atomic E-state index is 0.0994. The molecule has 20 heavy (non-hydrogen) atoms. The number of rotatable bonds is 5. The van der Waals surface area contributed by atoms with E-state index in [9.17, 15) is 4.79 Å². The highest BCUT2D eigenvalue weighted by Crippen LogP contribution is 2.23. The van der Waals surface area contributed by atoms with Crippen molar-refractivity contribution in [3.05, 3.63) is 23.8 Å². The third-order valence-corrected chi connectivity index (χ3v) is 3.82. The first-order valence-corrected chi connectivity index (χ1v) is 7.57. The Hall–Kier alpha value is -1.71. The fourth-order valence-electron chi connectivity index (χ4n) is 2.70. The Morgan fingerprint density at radius 3 is 2.70 bits per heavy atom. The molecule has 1 saturated heterocycles. The maximum atomic E-state index is 12.3. The van der Waals surface area contributed by atoms with E-state index in [0.29, 0.717) is 17.3 Å². The summed E-state index contributed by atoms with van der Waals surface area (Å²) in [4.78, 5) is 14.2. The summed E-state index contributed by atoms with van der Waals surface area (Å²) in [5.41, 5.74) is 8.33. The van der Waals surface area contributed by atoms with Crippen LogP contribution in [0.3, 0.4) is 0 Å². The van der Waals surface area contributed by atoms with Crippen LogP contribution in [0.1, 0.15) is 49.9 Å². The van der Waals surface area contributed by atoms with Gasteiger partial charge in [-0.1, -0.05) is 13.3 Å². The van der Waals surface area contributed by atoms with E-state index in [4.69, 9.17) is 5.73 Å². The molecule has 0 aliphatic carbocycles. The Kier molecular flexibility index (Phi) is 4.88. The van der Waals surface area contributed by atoms with Crippen molar-refractivity contribution in [2.24, 2.45) is 0 Å². The van der Waals surface area contributed by atoms with Crippen molar-refractivity contribution in [3.8, 4) is 0 Å². The van der Waals surface area contributed by atoms with E-state index >= 15 is 0 Å². The molecule has 1 fully saturated rings. The van der Waals surface area contributed by atoms with Crippen LogP contribution in [0.4, 0.5) is 11.4 Å². The molecule has 0 saturated carbocycles. The molecular formula is C16H25N3O. The molecule has 0 bridgehead atoms. The van der Waals surface area contributed by atoms with Gasteiger partial charge in [-0.25, -0.2) is 0 Å². The van der Waals surface area contributed by atoms with Crippen LogP contribution in [0.2, 0.25) is 0 Å². The van der Waals surface area contributed by atoms with Gasteiger partial charge in [-0.3, -0.25) is 4.79 Å². The summed E-state index contributed by atoms with van der Waals surface area (Å²) in [6.07, 6.45) is 4.46. The Bertz CT molecular complexity index is 467. The summed E-state index contributed by atoms with van der Waals surface area (Å²) >= 11 is 0. The van der Waals surface area contributed by atoms with Gasteiger partial charge in [-0.15, -0.1) is 0 Å². The maximum absolute atomic E-state index is 12.3. The number of nitrogens with two attached hydrogens (primary N) is 1. The van der Waals surface area contributed by atoms with Gasteiger partial charge in [0, 0.05) is 24.7 Å². The number of amides is 1. The minimum atomic E-state index is 0.0994. The van der Waals surface area contributed by atoms with Gasteiger partial charge in [-0.2, -0.15) is 0 Å². The van der Waals surface area contributed by atoms with Crippen molar-refractivity contribution in [2.45, 2.75) is 45.6 Å². The van der Waals surface area contributed by atoms with Crippen LogP contribution in [0.25, 0.3) is 0 Å². The molecule has 2 rings (SSSR count). The molecule has 0 radical (unpaired) electrons. The third-order valence-electron chi connectivity index (χ3n) is 3.82. The van der Waals surface area contributed by atoms with Crippen LogP contribution in [0.5, 0.6) is 0 Å². The molecule has 1 amide bonds. The second-order valence-corrected chi connectivity index (χ2v) is 5.64. The van der Waals surface area contributed by atoms with Gasteiger partial charge < -0.3 is 16.0 Å². The zero-order valence-corrected chi connectivity index (χ0v) is 12.5. The normalized spacial score (nSPS) is 16.2. The lowest BCUT2D eigenvalue weighted by molar-refractivity contribution is 0.0793. The summed E-state index contributed by atoms with van der Waals surface area (Å²) in [6, 6.07) is 5.98. The highest BCUT2D eigenvalue weighted by Gasteiger charge is 2.20. The number of anilines is 2. The van der Waals surface area contributed by atoms with E-state index in [1.54, 1.807) is 6.07 Å². The van der Waals surface area contributed by atoms with Crippen LogP contribution in [-0.2, 0) is 0 Å².